The third-order valence-electron chi connectivity index (χ3n) is 4.73. The van der Waals surface area contributed by atoms with Crippen LogP contribution in [0, 0.1) is 27.7 Å². The summed E-state index contributed by atoms with van der Waals surface area (Å²) in [6, 6.07) is 4.51. The molecule has 22 heavy (non-hydrogen) atoms. The van der Waals surface area contributed by atoms with E-state index in [2.05, 4.69) is 51.4 Å². The van der Waals surface area contributed by atoms with Crippen molar-refractivity contribution in [3.8, 4) is 0 Å². The van der Waals surface area contributed by atoms with Gasteiger partial charge in [0.2, 0.25) is 0 Å². The second-order valence-electron chi connectivity index (χ2n) is 6.00. The average Bonchev–Trinajstić information content (AvgIpc) is 2.84. The number of fused-ring (bicyclic) bond motifs is 3. The van der Waals surface area contributed by atoms with Gasteiger partial charge in [0.15, 0.2) is 0 Å². The van der Waals surface area contributed by atoms with Crippen LogP contribution in [0.5, 0.6) is 0 Å². The highest BCUT2D eigenvalue weighted by atomic mass is 14.7. The van der Waals surface area contributed by atoms with Crippen molar-refractivity contribution in [2.75, 3.05) is 0 Å². The van der Waals surface area contributed by atoms with E-state index in [0.29, 0.717) is 0 Å². The Bertz CT molecular complexity index is 940. The van der Waals surface area contributed by atoms with Gasteiger partial charge < -0.3 is 10.7 Å². The van der Waals surface area contributed by atoms with E-state index in [-0.39, 0.29) is 0 Å². The first-order chi connectivity index (χ1) is 10.5. The lowest BCUT2D eigenvalue weighted by atomic mass is 9.92. The molecule has 0 amide bonds. The topological polar surface area (TPSA) is 41.8 Å². The van der Waals surface area contributed by atoms with Crippen LogP contribution >= 0.6 is 0 Å². The molecule has 0 fully saturated rings. The lowest BCUT2D eigenvalue weighted by Crippen LogP contribution is -1.94. The van der Waals surface area contributed by atoms with Gasteiger partial charge in [-0.05, 0) is 85.5 Å². The van der Waals surface area contributed by atoms with E-state index in [9.17, 15) is 0 Å². The van der Waals surface area contributed by atoms with Crippen molar-refractivity contribution < 1.29 is 0 Å². The summed E-state index contributed by atoms with van der Waals surface area (Å²) < 4.78 is 0. The Kier molecular flexibility index (Phi) is 3.32. The summed E-state index contributed by atoms with van der Waals surface area (Å²) in [6.45, 7) is 12.6. The Labute approximate surface area is 131 Å². The van der Waals surface area contributed by atoms with Crippen LogP contribution in [0.3, 0.4) is 0 Å². The Balaban J connectivity index is 2.59. The first-order valence-electron chi connectivity index (χ1n) is 7.56. The molecule has 1 heterocycles. The molecule has 0 aliphatic carbocycles. The lowest BCUT2D eigenvalue weighted by Gasteiger charge is -2.12. The van der Waals surface area contributed by atoms with Crippen molar-refractivity contribution in [3.63, 3.8) is 0 Å². The standard InChI is InChI=1S/C20H22N2/c1-6-15-13(4)19-17-9-11(2)12(3)10-18(17)22-20(19)14(5)16(15)7-8-21/h6-10,22H,1,21H2,2-5H3/b8-7-. The number of nitrogens with two attached hydrogens (primary N) is 1. The van der Waals surface area contributed by atoms with Crippen LogP contribution < -0.4 is 5.73 Å². The number of hydrogen-bond acceptors (Lipinski definition) is 1. The Morgan fingerprint density at radius 2 is 1.68 bits per heavy atom. The Morgan fingerprint density at radius 3 is 2.32 bits per heavy atom. The summed E-state index contributed by atoms with van der Waals surface area (Å²) in [5.41, 5.74) is 15.4. The zero-order valence-corrected chi connectivity index (χ0v) is 13.7. The minimum Gasteiger partial charge on any atom is -0.405 e. The van der Waals surface area contributed by atoms with E-state index >= 15 is 0 Å². The van der Waals surface area contributed by atoms with E-state index in [0.717, 1.165) is 11.1 Å². The number of benzene rings is 2. The van der Waals surface area contributed by atoms with Gasteiger partial charge in [0, 0.05) is 16.3 Å². The van der Waals surface area contributed by atoms with E-state index in [1.54, 1.807) is 6.20 Å². The van der Waals surface area contributed by atoms with Gasteiger partial charge in [-0.2, -0.15) is 0 Å². The maximum absolute atomic E-state index is 5.64. The molecule has 2 heteroatoms. The molecule has 0 aliphatic rings. The smallest absolute Gasteiger partial charge is 0.0503 e. The predicted octanol–water partition coefficient (Wildman–Crippen LogP) is 5.13. The second kappa shape index (κ2) is 5.06. The van der Waals surface area contributed by atoms with Crippen LogP contribution in [-0.2, 0) is 0 Å². The highest BCUT2D eigenvalue weighted by Crippen LogP contribution is 2.37. The van der Waals surface area contributed by atoms with Crippen molar-refractivity contribution in [3.05, 3.63) is 58.3 Å². The summed E-state index contributed by atoms with van der Waals surface area (Å²) in [7, 11) is 0. The van der Waals surface area contributed by atoms with Gasteiger partial charge in [-0.15, -0.1) is 0 Å². The highest BCUT2D eigenvalue weighted by Gasteiger charge is 2.16. The quantitative estimate of drug-likeness (QED) is 0.675. The molecular formula is C20H22N2. The summed E-state index contributed by atoms with van der Waals surface area (Å²) >= 11 is 0. The van der Waals surface area contributed by atoms with Crippen LogP contribution in [0.4, 0.5) is 0 Å². The largest absolute Gasteiger partial charge is 0.405 e. The molecule has 0 unspecified atom stereocenters. The molecule has 0 saturated carbocycles. The molecule has 0 saturated heterocycles. The molecule has 2 aromatic carbocycles. The molecule has 112 valence electrons. The summed E-state index contributed by atoms with van der Waals surface area (Å²) in [4.78, 5) is 3.60. The molecule has 3 rings (SSSR count). The minimum atomic E-state index is 1.14. The van der Waals surface area contributed by atoms with Gasteiger partial charge in [-0.25, -0.2) is 0 Å². The number of aromatic nitrogens is 1. The van der Waals surface area contributed by atoms with E-state index in [4.69, 9.17) is 5.73 Å². The van der Waals surface area contributed by atoms with E-state index < -0.39 is 0 Å². The normalized spacial score (nSPS) is 11.8. The maximum Gasteiger partial charge on any atom is 0.0503 e. The van der Waals surface area contributed by atoms with Crippen LogP contribution in [0.1, 0.15) is 33.4 Å². The van der Waals surface area contributed by atoms with Crippen molar-refractivity contribution in [1.29, 1.82) is 0 Å². The number of rotatable bonds is 2. The van der Waals surface area contributed by atoms with Crippen LogP contribution in [0.2, 0.25) is 0 Å². The fourth-order valence-corrected chi connectivity index (χ4v) is 3.38. The monoisotopic (exact) mass is 290 g/mol. The first-order valence-corrected chi connectivity index (χ1v) is 7.56. The first kappa shape index (κ1) is 14.5. The number of aryl methyl sites for hydroxylation is 4. The zero-order valence-electron chi connectivity index (χ0n) is 13.7. The third kappa shape index (κ3) is 1.87. The van der Waals surface area contributed by atoms with Crippen LogP contribution in [0.25, 0.3) is 34.0 Å². The molecular weight excluding hydrogens is 268 g/mol. The highest BCUT2D eigenvalue weighted by molar-refractivity contribution is 6.12. The molecule has 0 aliphatic heterocycles. The lowest BCUT2D eigenvalue weighted by molar-refractivity contribution is 1.35. The molecule has 1 aromatic heterocycles. The van der Waals surface area contributed by atoms with E-state index in [1.165, 1.54) is 44.1 Å². The van der Waals surface area contributed by atoms with Gasteiger partial charge in [-0.1, -0.05) is 12.7 Å². The van der Waals surface area contributed by atoms with Crippen molar-refractivity contribution in [1.82, 2.24) is 4.98 Å². The molecule has 3 N–H and O–H groups in total. The van der Waals surface area contributed by atoms with Crippen LogP contribution in [0.15, 0.2) is 24.9 Å². The fraction of sp³-hybridized carbons (Fsp3) is 0.200. The van der Waals surface area contributed by atoms with Gasteiger partial charge in [0.1, 0.15) is 0 Å². The number of aromatic amines is 1. The molecule has 0 radical (unpaired) electrons. The zero-order chi connectivity index (χ0) is 16.0. The maximum atomic E-state index is 5.64. The van der Waals surface area contributed by atoms with Gasteiger partial charge in [0.25, 0.3) is 0 Å². The Morgan fingerprint density at radius 1 is 1.00 bits per heavy atom. The summed E-state index contributed by atoms with van der Waals surface area (Å²) in [5, 5.41) is 2.57. The summed E-state index contributed by atoms with van der Waals surface area (Å²) in [6.07, 6.45) is 5.48. The van der Waals surface area contributed by atoms with Gasteiger partial charge in [0.05, 0.1) is 5.52 Å². The van der Waals surface area contributed by atoms with Gasteiger partial charge in [-0.3, -0.25) is 0 Å². The van der Waals surface area contributed by atoms with Crippen molar-refractivity contribution in [2.45, 2.75) is 27.7 Å². The molecule has 0 bridgehead atoms. The molecule has 0 atom stereocenters. The van der Waals surface area contributed by atoms with Crippen molar-refractivity contribution >= 4 is 34.0 Å². The average molecular weight is 290 g/mol. The predicted molar refractivity (Wildman–Crippen MR) is 98.1 cm³/mol. The fourth-order valence-electron chi connectivity index (χ4n) is 3.38. The number of hydrogen-bond donors (Lipinski definition) is 2. The van der Waals surface area contributed by atoms with E-state index in [1.807, 2.05) is 12.2 Å². The molecule has 3 aromatic rings. The van der Waals surface area contributed by atoms with Crippen LogP contribution in [-0.4, -0.2) is 4.98 Å². The second-order valence-corrected chi connectivity index (χ2v) is 6.00. The third-order valence-corrected chi connectivity index (χ3v) is 4.73. The molecule has 0 spiro atoms. The van der Waals surface area contributed by atoms with Crippen molar-refractivity contribution in [2.24, 2.45) is 5.73 Å². The minimum absolute atomic E-state index is 1.14. The molecule has 2 nitrogen and oxygen atoms in total. The summed E-state index contributed by atoms with van der Waals surface area (Å²) in [5.74, 6) is 0. The SMILES string of the molecule is C=Cc1c(/C=C\N)c(C)c2[nH]c3cc(C)c(C)cc3c2c1C. The number of H-pyrrole nitrogens is 1. The Hall–Kier alpha value is -2.48. The number of nitrogens with one attached hydrogen (secondary N) is 1. The van der Waals surface area contributed by atoms with Gasteiger partial charge >= 0.3 is 0 Å².